The third-order valence-electron chi connectivity index (χ3n) is 0. The van der Waals surface area contributed by atoms with Crippen molar-refractivity contribution in [1.29, 1.82) is 0 Å². The van der Waals surface area contributed by atoms with Crippen LogP contribution in [0.5, 0.6) is 0 Å². The molecule has 0 aromatic rings. The third-order valence-corrected chi connectivity index (χ3v) is 0. The van der Waals surface area contributed by atoms with Crippen LogP contribution in [0.15, 0.2) is 0 Å². The molecule has 0 aromatic heterocycles. The second kappa shape index (κ2) is 7.34. The summed E-state index contributed by atoms with van der Waals surface area (Å²) in [7, 11) is -2.72. The Kier molecular flexibility index (Phi) is 12.5. The van der Waals surface area contributed by atoms with Gasteiger partial charge in [-0.1, -0.05) is 55.8 Å². The van der Waals surface area contributed by atoms with Crippen molar-refractivity contribution >= 4 is 65.4 Å². The minimum absolute atomic E-state index is 0. The van der Waals surface area contributed by atoms with Crippen LogP contribution in [0.3, 0.4) is 0 Å². The fourth-order valence-electron chi connectivity index (χ4n) is 0. The van der Waals surface area contributed by atoms with E-state index in [4.69, 9.17) is 10.8 Å². The Labute approximate surface area is 114 Å². The van der Waals surface area contributed by atoms with Gasteiger partial charge in [-0.15, -0.1) is 0 Å². The molecule has 0 atom stereocenters. The van der Waals surface area contributed by atoms with Gasteiger partial charge in [-0.05, 0) is 0 Å². The summed E-state index contributed by atoms with van der Waals surface area (Å²) in [5.74, 6) is 0. The quantitative estimate of drug-likeness (QED) is 0.616. The Hall–Kier alpha value is 1.93. The minimum Gasteiger partial charge on any atom is -0.680 e. The van der Waals surface area contributed by atoms with E-state index >= 15 is 0 Å². The normalized spacial score (nSPS) is 10.9. The molecule has 5 heteroatoms. The molecule has 64 valence electrons. The number of hydrogen-bond donors (Lipinski definition) is 0. The average Bonchev–Trinajstić information content (AvgIpc) is 1.12. The Morgan fingerprint density at radius 2 is 0.636 bits per heavy atom. The van der Waals surface area contributed by atoms with Crippen molar-refractivity contribution in [2.24, 2.45) is 0 Å². The first-order valence-electron chi connectivity index (χ1n) is 3.50. The summed E-state index contributed by atoms with van der Waals surface area (Å²) in [5, 5.41) is 14.2. The second-order valence-corrected chi connectivity index (χ2v) is 13.5. The van der Waals surface area contributed by atoms with Gasteiger partial charge < -0.3 is 10.8 Å². The maximum atomic E-state index is 7.08. The topological polar surface area (TPSA) is 47.6 Å². The first-order chi connectivity index (χ1) is 4.00. The van der Waals surface area contributed by atoms with Crippen LogP contribution in [-0.2, 0) is 0 Å². The molecule has 0 radical (unpaired) electrons. The van der Waals surface area contributed by atoms with E-state index in [9.17, 15) is 0 Å². The predicted octanol–water partition coefficient (Wildman–Crippen LogP) is 3.37. The van der Waals surface area contributed by atoms with Gasteiger partial charge in [0.1, 0.15) is 0 Å². The van der Waals surface area contributed by atoms with E-state index in [2.05, 4.69) is 0 Å². The van der Waals surface area contributed by atoms with Crippen LogP contribution in [0.1, 0.15) is 0 Å². The van der Waals surface area contributed by atoms with Gasteiger partial charge in [-0.25, -0.2) is 0 Å². The predicted molar refractivity (Wildman–Crippen MR) is 61.1 cm³/mol. The van der Waals surface area contributed by atoms with Crippen LogP contribution in [0, 0.1) is 0 Å². The fourth-order valence-corrected chi connectivity index (χ4v) is 0. The van der Waals surface area contributed by atoms with E-state index < -0.39 is 16.5 Å². The molecule has 0 rings (SSSR count). The Bertz CT molecular complexity index is 61.6. The Morgan fingerprint density at radius 3 is 0.636 bits per heavy atom. The van der Waals surface area contributed by atoms with Gasteiger partial charge in [-0.3, -0.25) is 0 Å². The van der Waals surface area contributed by atoms with Gasteiger partial charge in [0.15, 0.2) is 0 Å². The molecule has 11 heavy (non-hydrogen) atoms. The Balaban J connectivity index is -0.000000107. The first kappa shape index (κ1) is 18.7. The van der Waals surface area contributed by atoms with Crippen molar-refractivity contribution in [1.82, 2.24) is 0 Å². The van der Waals surface area contributed by atoms with Crippen LogP contribution in [0.2, 0.25) is 39.3 Å². The van der Waals surface area contributed by atoms with Gasteiger partial charge >= 0.3 is 48.9 Å². The molecule has 0 saturated carbocycles. The molecule has 0 heterocycles. The van der Waals surface area contributed by atoms with Crippen LogP contribution >= 0.6 is 0 Å². The zero-order chi connectivity index (χ0) is 9.00. The minimum atomic E-state index is -1.36. The molecule has 2 nitrogen and oxygen atoms in total. The molecule has 0 aliphatic carbocycles. The molecule has 2 N–H and O–H groups in total. The molecule has 0 unspecified atom stereocenters. The van der Waals surface area contributed by atoms with Gasteiger partial charge in [-0.2, -0.15) is 0 Å². The Morgan fingerprint density at radius 1 is 0.636 bits per heavy atom. The summed E-state index contributed by atoms with van der Waals surface area (Å²) in [6.07, 6.45) is 0. The number of hydrogen-bond acceptors (Lipinski definition) is 0. The van der Waals surface area contributed by atoms with Crippen molar-refractivity contribution < 1.29 is 0 Å². The van der Waals surface area contributed by atoms with E-state index in [0.29, 0.717) is 0 Å². The van der Waals surface area contributed by atoms with Crippen LogP contribution in [0.4, 0.5) is 0 Å². The molecule has 0 aliphatic rings. The summed E-state index contributed by atoms with van der Waals surface area (Å²) >= 11 is 0. The fraction of sp³-hybridized carbons (Fsp3) is 1.00. The first-order valence-corrected chi connectivity index (χ1v) is 10.5. The second-order valence-electron chi connectivity index (χ2n) is 4.50. The molecule has 0 fully saturated rings. The van der Waals surface area contributed by atoms with Crippen LogP contribution < -0.4 is 0 Å². The van der Waals surface area contributed by atoms with Gasteiger partial charge in [0, 0.05) is 0 Å². The molecular formula is C6H20BaN2Si2. The van der Waals surface area contributed by atoms with Gasteiger partial charge in [0.05, 0.1) is 0 Å². The number of rotatable bonds is 0. The summed E-state index contributed by atoms with van der Waals surface area (Å²) < 4.78 is 0. The van der Waals surface area contributed by atoms with E-state index in [-0.39, 0.29) is 48.9 Å². The molecule has 0 spiro atoms. The van der Waals surface area contributed by atoms with E-state index in [1.165, 1.54) is 0 Å². The summed E-state index contributed by atoms with van der Waals surface area (Å²) in [6.45, 7) is 12.0. The van der Waals surface area contributed by atoms with Crippen molar-refractivity contribution in [3.63, 3.8) is 0 Å². The third kappa shape index (κ3) is 317. The average molecular weight is 314 g/mol. The van der Waals surface area contributed by atoms with Crippen molar-refractivity contribution in [2.75, 3.05) is 0 Å². The largest absolute Gasteiger partial charge is 2.00 e. The number of nitrogens with one attached hydrogen (secondary N) is 2. The standard InChI is InChI=1S/2C3H10NSi.Ba/c2*1-5(2,3)4;/h2*4H,1-3H3;/q2*-1;+2. The zero-order valence-electron chi connectivity index (χ0n) is 8.71. The van der Waals surface area contributed by atoms with Crippen LogP contribution in [0.25, 0.3) is 10.8 Å². The van der Waals surface area contributed by atoms with Crippen molar-refractivity contribution in [2.45, 2.75) is 39.3 Å². The van der Waals surface area contributed by atoms with Crippen molar-refractivity contribution in [3.05, 3.63) is 10.8 Å². The summed E-state index contributed by atoms with van der Waals surface area (Å²) in [6, 6.07) is 0. The van der Waals surface area contributed by atoms with Crippen molar-refractivity contribution in [3.8, 4) is 0 Å². The molecule has 0 amide bonds. The molecule has 0 bridgehead atoms. The SMILES string of the molecule is C[Si](C)(C)[NH-].C[Si](C)(C)[NH-].[Ba+2]. The zero-order valence-corrected chi connectivity index (χ0v) is 15.1. The monoisotopic (exact) mass is 314 g/mol. The molecular weight excluding hydrogens is 294 g/mol. The summed E-state index contributed by atoms with van der Waals surface area (Å²) in [4.78, 5) is 0. The van der Waals surface area contributed by atoms with E-state index in [1.54, 1.807) is 0 Å². The molecule has 0 saturated heterocycles. The maximum absolute atomic E-state index is 7.08. The summed E-state index contributed by atoms with van der Waals surface area (Å²) in [5.41, 5.74) is 0. The maximum Gasteiger partial charge on any atom is 2.00 e. The smallest absolute Gasteiger partial charge is 0.680 e. The van der Waals surface area contributed by atoms with Crippen LogP contribution in [-0.4, -0.2) is 65.4 Å². The van der Waals surface area contributed by atoms with E-state index in [1.807, 2.05) is 39.3 Å². The van der Waals surface area contributed by atoms with Gasteiger partial charge in [0.25, 0.3) is 0 Å². The van der Waals surface area contributed by atoms with Gasteiger partial charge in [0.2, 0.25) is 0 Å². The molecule has 0 aliphatic heterocycles. The van der Waals surface area contributed by atoms with E-state index in [0.717, 1.165) is 0 Å². The molecule has 0 aromatic carbocycles.